The Balaban J connectivity index is 1.49. The lowest BCUT2D eigenvalue weighted by molar-refractivity contribution is -0.187. The van der Waals surface area contributed by atoms with Crippen LogP contribution in [0.3, 0.4) is 0 Å². The quantitative estimate of drug-likeness (QED) is 0.919. The Bertz CT molecular complexity index is 770. The molecular formula is C18H21FN2O3. The average Bonchev–Trinajstić information content (AvgIpc) is 3.14. The molecule has 2 aromatic rings. The number of amides is 1. The van der Waals surface area contributed by atoms with E-state index in [2.05, 4.69) is 4.98 Å². The molecule has 3 heterocycles. The van der Waals surface area contributed by atoms with Gasteiger partial charge >= 0.3 is 0 Å². The van der Waals surface area contributed by atoms with E-state index in [0.717, 1.165) is 22.2 Å². The number of fused-ring (bicyclic) bond motifs is 1. The fraction of sp³-hybridized carbons (Fsp3) is 0.500. The monoisotopic (exact) mass is 332 g/mol. The molecule has 4 rings (SSSR count). The molecule has 1 spiro atoms. The fourth-order valence-corrected chi connectivity index (χ4v) is 3.73. The summed E-state index contributed by atoms with van der Waals surface area (Å²) in [6.45, 7) is 4.46. The molecule has 128 valence electrons. The summed E-state index contributed by atoms with van der Waals surface area (Å²) in [5.74, 6) is -0.696. The van der Waals surface area contributed by atoms with Crippen LogP contribution in [0.4, 0.5) is 4.39 Å². The van der Waals surface area contributed by atoms with E-state index in [9.17, 15) is 9.18 Å². The highest BCUT2D eigenvalue weighted by atomic mass is 19.1. The van der Waals surface area contributed by atoms with Crippen LogP contribution in [0.1, 0.15) is 24.1 Å². The molecule has 1 aromatic carbocycles. The number of rotatable bonds is 2. The highest BCUT2D eigenvalue weighted by Gasteiger charge is 2.40. The molecule has 2 fully saturated rings. The third-order valence-electron chi connectivity index (χ3n) is 5.10. The molecular weight excluding hydrogens is 311 g/mol. The molecule has 0 bridgehead atoms. The van der Waals surface area contributed by atoms with Gasteiger partial charge in [-0.2, -0.15) is 0 Å². The van der Waals surface area contributed by atoms with Crippen molar-refractivity contribution in [3.63, 3.8) is 0 Å². The Morgan fingerprint density at radius 2 is 2.00 bits per heavy atom. The standard InChI is InChI=1S/C18H21FN2O3/c1-12-14(15-10-13(19)2-3-16(15)20-12)11-17(22)21-6-4-18(5-7-21)23-8-9-24-18/h2-3,10,20H,4-9,11H2,1H3. The second-order valence-corrected chi connectivity index (χ2v) is 6.58. The molecule has 5 nitrogen and oxygen atoms in total. The van der Waals surface area contributed by atoms with E-state index in [4.69, 9.17) is 9.47 Å². The minimum atomic E-state index is -0.476. The van der Waals surface area contributed by atoms with Crippen LogP contribution in [0.2, 0.25) is 0 Å². The summed E-state index contributed by atoms with van der Waals surface area (Å²) in [4.78, 5) is 17.8. The summed E-state index contributed by atoms with van der Waals surface area (Å²) in [5, 5.41) is 0.789. The molecule has 2 saturated heterocycles. The van der Waals surface area contributed by atoms with Gasteiger partial charge in [0, 0.05) is 42.5 Å². The van der Waals surface area contributed by atoms with Gasteiger partial charge in [0.15, 0.2) is 5.79 Å². The number of piperidine rings is 1. The smallest absolute Gasteiger partial charge is 0.227 e. The molecule has 0 saturated carbocycles. The summed E-state index contributed by atoms with van der Waals surface area (Å²) >= 11 is 0. The maximum Gasteiger partial charge on any atom is 0.227 e. The number of nitrogens with one attached hydrogen (secondary N) is 1. The van der Waals surface area contributed by atoms with Crippen LogP contribution < -0.4 is 0 Å². The number of benzene rings is 1. The summed E-state index contributed by atoms with van der Waals surface area (Å²) in [5.41, 5.74) is 2.66. The molecule has 2 aliphatic rings. The number of likely N-dealkylation sites (tertiary alicyclic amines) is 1. The van der Waals surface area contributed by atoms with Crippen molar-refractivity contribution in [3.05, 3.63) is 35.3 Å². The van der Waals surface area contributed by atoms with Crippen LogP contribution in [0.15, 0.2) is 18.2 Å². The minimum Gasteiger partial charge on any atom is -0.358 e. The van der Waals surface area contributed by atoms with Gasteiger partial charge in [0.2, 0.25) is 5.91 Å². The van der Waals surface area contributed by atoms with E-state index < -0.39 is 5.79 Å². The fourth-order valence-electron chi connectivity index (χ4n) is 3.73. The summed E-state index contributed by atoms with van der Waals surface area (Å²) < 4.78 is 24.9. The molecule has 0 radical (unpaired) electrons. The molecule has 1 amide bonds. The number of aromatic nitrogens is 1. The third-order valence-corrected chi connectivity index (χ3v) is 5.10. The highest BCUT2D eigenvalue weighted by molar-refractivity contribution is 5.90. The Morgan fingerprint density at radius 1 is 1.29 bits per heavy atom. The number of carbonyl (C=O) groups is 1. The van der Waals surface area contributed by atoms with Crippen molar-refractivity contribution in [1.29, 1.82) is 0 Å². The zero-order valence-electron chi connectivity index (χ0n) is 13.7. The van der Waals surface area contributed by atoms with Gasteiger partial charge < -0.3 is 19.4 Å². The summed E-state index contributed by atoms with van der Waals surface area (Å²) in [6.07, 6.45) is 1.70. The molecule has 0 atom stereocenters. The van der Waals surface area contributed by atoms with E-state index in [1.54, 1.807) is 6.07 Å². The van der Waals surface area contributed by atoms with Crippen LogP contribution in [0.25, 0.3) is 10.9 Å². The number of aryl methyl sites for hydroxylation is 1. The third kappa shape index (κ3) is 2.70. The van der Waals surface area contributed by atoms with Gasteiger partial charge in [-0.3, -0.25) is 4.79 Å². The largest absolute Gasteiger partial charge is 0.358 e. The van der Waals surface area contributed by atoms with E-state index in [0.29, 0.717) is 39.1 Å². The van der Waals surface area contributed by atoms with E-state index >= 15 is 0 Å². The van der Waals surface area contributed by atoms with E-state index in [1.165, 1.54) is 12.1 Å². The number of halogens is 1. The van der Waals surface area contributed by atoms with Crippen molar-refractivity contribution >= 4 is 16.8 Å². The van der Waals surface area contributed by atoms with Crippen LogP contribution in [0, 0.1) is 12.7 Å². The molecule has 1 aromatic heterocycles. The van der Waals surface area contributed by atoms with Gasteiger partial charge in [-0.15, -0.1) is 0 Å². The second-order valence-electron chi connectivity index (χ2n) is 6.58. The second kappa shape index (κ2) is 5.86. The topological polar surface area (TPSA) is 54.6 Å². The summed E-state index contributed by atoms with van der Waals surface area (Å²) in [6, 6.07) is 4.63. The van der Waals surface area contributed by atoms with Crippen molar-refractivity contribution in [2.24, 2.45) is 0 Å². The van der Waals surface area contributed by atoms with Gasteiger partial charge in [0.25, 0.3) is 0 Å². The number of aromatic amines is 1. The lowest BCUT2D eigenvalue weighted by atomic mass is 10.0. The Morgan fingerprint density at radius 3 is 2.71 bits per heavy atom. The predicted molar refractivity (Wildman–Crippen MR) is 87.1 cm³/mol. The van der Waals surface area contributed by atoms with Crippen molar-refractivity contribution in [2.75, 3.05) is 26.3 Å². The first-order valence-corrected chi connectivity index (χ1v) is 8.39. The van der Waals surface area contributed by atoms with Gasteiger partial charge in [-0.25, -0.2) is 4.39 Å². The molecule has 0 unspecified atom stereocenters. The number of hydrogen-bond acceptors (Lipinski definition) is 3. The normalized spacial score (nSPS) is 20.2. The SMILES string of the molecule is Cc1[nH]c2ccc(F)cc2c1CC(=O)N1CCC2(CC1)OCCO2. The number of H-pyrrole nitrogens is 1. The van der Waals surface area contributed by atoms with Gasteiger partial charge in [-0.05, 0) is 30.7 Å². The zero-order chi connectivity index (χ0) is 16.7. The van der Waals surface area contributed by atoms with Crippen LogP contribution in [-0.4, -0.2) is 47.9 Å². The van der Waals surface area contributed by atoms with Gasteiger partial charge in [0.1, 0.15) is 5.82 Å². The lowest BCUT2D eigenvalue weighted by Crippen LogP contribution is -2.47. The molecule has 24 heavy (non-hydrogen) atoms. The first-order chi connectivity index (χ1) is 11.6. The molecule has 1 N–H and O–H groups in total. The molecule has 6 heteroatoms. The maximum absolute atomic E-state index is 13.6. The number of hydrogen-bond donors (Lipinski definition) is 1. The Kier molecular flexibility index (Phi) is 3.81. The van der Waals surface area contributed by atoms with Gasteiger partial charge in [0.05, 0.1) is 19.6 Å². The average molecular weight is 332 g/mol. The number of carbonyl (C=O) groups excluding carboxylic acids is 1. The zero-order valence-corrected chi connectivity index (χ0v) is 13.7. The minimum absolute atomic E-state index is 0.0658. The van der Waals surface area contributed by atoms with E-state index in [1.807, 2.05) is 11.8 Å². The number of nitrogens with zero attached hydrogens (tertiary/aromatic N) is 1. The summed E-state index contributed by atoms with van der Waals surface area (Å²) in [7, 11) is 0. The Hall–Kier alpha value is -1.92. The molecule has 2 aliphatic heterocycles. The molecule has 0 aliphatic carbocycles. The predicted octanol–water partition coefficient (Wildman–Crippen LogP) is 2.52. The van der Waals surface area contributed by atoms with Crippen molar-refractivity contribution in [1.82, 2.24) is 9.88 Å². The maximum atomic E-state index is 13.6. The van der Waals surface area contributed by atoms with Gasteiger partial charge in [-0.1, -0.05) is 0 Å². The Labute approximate surface area is 139 Å². The van der Waals surface area contributed by atoms with Crippen LogP contribution >= 0.6 is 0 Å². The lowest BCUT2D eigenvalue weighted by Gasteiger charge is -2.37. The van der Waals surface area contributed by atoms with Crippen molar-refractivity contribution < 1.29 is 18.7 Å². The van der Waals surface area contributed by atoms with Crippen LogP contribution in [0.5, 0.6) is 0 Å². The number of ether oxygens (including phenoxy) is 2. The first-order valence-electron chi connectivity index (χ1n) is 8.39. The van der Waals surface area contributed by atoms with E-state index in [-0.39, 0.29) is 18.1 Å². The van der Waals surface area contributed by atoms with Crippen molar-refractivity contribution in [3.8, 4) is 0 Å². The van der Waals surface area contributed by atoms with Crippen molar-refractivity contribution in [2.45, 2.75) is 32.0 Å². The van der Waals surface area contributed by atoms with Crippen LogP contribution in [-0.2, 0) is 20.7 Å². The highest BCUT2D eigenvalue weighted by Crippen LogP contribution is 2.32. The first kappa shape index (κ1) is 15.6.